The molecule has 0 saturated carbocycles. The number of fused-ring (bicyclic) bond motifs is 1. The van der Waals surface area contributed by atoms with Crippen molar-refractivity contribution in [1.29, 1.82) is 0 Å². The van der Waals surface area contributed by atoms with Gasteiger partial charge >= 0.3 is 12.0 Å². The molecular weight excluding hydrogens is 404 g/mol. The topological polar surface area (TPSA) is 184 Å². The van der Waals surface area contributed by atoms with Crippen LogP contribution in [-0.4, -0.2) is 48.1 Å². The molecule has 0 aliphatic carbocycles. The van der Waals surface area contributed by atoms with Crippen molar-refractivity contribution >= 4 is 34.7 Å². The molecular formula is C19H18N8O4. The molecule has 3 aromatic heterocycles. The number of benzene rings is 1. The minimum atomic E-state index is -1.16. The van der Waals surface area contributed by atoms with Gasteiger partial charge in [-0.3, -0.25) is 0 Å². The maximum atomic E-state index is 12.2. The zero-order valence-electron chi connectivity index (χ0n) is 16.0. The fraction of sp³-hybridized carbons (Fsp3) is 0.105. The Bertz CT molecular complexity index is 1200. The van der Waals surface area contributed by atoms with E-state index in [1.54, 1.807) is 42.7 Å². The summed E-state index contributed by atoms with van der Waals surface area (Å²) >= 11 is 0. The Morgan fingerprint density at radius 1 is 1.19 bits per heavy atom. The number of nitrogens with two attached hydrogens (primary N) is 1. The lowest BCUT2D eigenvalue weighted by atomic mass is 10.2. The van der Waals surface area contributed by atoms with E-state index in [1.807, 2.05) is 0 Å². The molecule has 7 N–H and O–H groups in total. The number of carbonyl (C=O) groups excluding carboxylic acids is 1. The van der Waals surface area contributed by atoms with Crippen molar-refractivity contribution in [3.05, 3.63) is 54.7 Å². The van der Waals surface area contributed by atoms with Gasteiger partial charge in [-0.1, -0.05) is 0 Å². The Labute approximate surface area is 174 Å². The van der Waals surface area contributed by atoms with Crippen molar-refractivity contribution in [3.8, 4) is 11.6 Å². The van der Waals surface area contributed by atoms with Crippen LogP contribution in [0.15, 0.2) is 49.1 Å². The van der Waals surface area contributed by atoms with E-state index in [1.165, 1.54) is 6.33 Å². The van der Waals surface area contributed by atoms with Crippen LogP contribution in [0.2, 0.25) is 0 Å². The molecule has 0 bridgehead atoms. The molecule has 0 fully saturated rings. The fourth-order valence-corrected chi connectivity index (χ4v) is 2.86. The lowest BCUT2D eigenvalue weighted by molar-refractivity contribution is -0.139. The molecule has 3 heterocycles. The van der Waals surface area contributed by atoms with Crippen LogP contribution >= 0.6 is 0 Å². The first-order valence-corrected chi connectivity index (χ1v) is 9.14. The average molecular weight is 422 g/mol. The highest BCUT2D eigenvalue weighted by molar-refractivity contribution is 5.92. The molecule has 4 aromatic rings. The number of hydrogen-bond donors (Lipinski definition) is 6. The van der Waals surface area contributed by atoms with Gasteiger partial charge in [-0.15, -0.1) is 0 Å². The van der Waals surface area contributed by atoms with E-state index >= 15 is 0 Å². The number of aromatic amines is 2. The summed E-state index contributed by atoms with van der Waals surface area (Å²) in [5.74, 6) is -0.330. The van der Waals surface area contributed by atoms with Crippen LogP contribution in [0.4, 0.5) is 16.4 Å². The van der Waals surface area contributed by atoms with Crippen LogP contribution in [0.1, 0.15) is 5.69 Å². The number of carboxylic acids is 1. The molecule has 0 spiro atoms. The highest BCUT2D eigenvalue weighted by Crippen LogP contribution is 2.28. The molecule has 2 amide bonds. The smallest absolute Gasteiger partial charge is 0.326 e. The Hall–Kier alpha value is -4.61. The van der Waals surface area contributed by atoms with Crippen LogP contribution < -0.4 is 21.1 Å². The number of carboxylic acid groups (broad SMARTS) is 1. The molecule has 12 heteroatoms. The lowest BCUT2D eigenvalue weighted by Crippen LogP contribution is -2.44. The van der Waals surface area contributed by atoms with E-state index in [0.717, 1.165) is 0 Å². The van der Waals surface area contributed by atoms with Gasteiger partial charge in [0.05, 0.1) is 17.4 Å². The molecule has 4 rings (SSSR count). The Kier molecular flexibility index (Phi) is 5.34. The molecule has 0 radical (unpaired) electrons. The van der Waals surface area contributed by atoms with Gasteiger partial charge in [-0.05, 0) is 30.3 Å². The summed E-state index contributed by atoms with van der Waals surface area (Å²) < 4.78 is 5.78. The van der Waals surface area contributed by atoms with E-state index in [2.05, 4.69) is 35.6 Å². The zero-order valence-corrected chi connectivity index (χ0v) is 16.0. The summed E-state index contributed by atoms with van der Waals surface area (Å²) in [6.45, 7) is 0. The van der Waals surface area contributed by atoms with E-state index in [-0.39, 0.29) is 12.4 Å². The molecule has 0 aliphatic rings. The Balaban J connectivity index is 1.39. The SMILES string of the molecule is Nc1nc(Oc2ccc(NC(=O)N[C@@H](Cc3c[nH]cn3)C(=O)O)cc2)c2cc[nH]c2n1. The number of imidazole rings is 1. The number of urea groups is 1. The fourth-order valence-electron chi connectivity index (χ4n) is 2.86. The Morgan fingerprint density at radius 3 is 2.71 bits per heavy atom. The quantitative estimate of drug-likeness (QED) is 0.261. The number of nitrogens with one attached hydrogen (secondary N) is 4. The number of rotatable bonds is 7. The molecule has 1 atom stereocenters. The number of nitrogen functional groups attached to an aromatic ring is 1. The molecule has 0 unspecified atom stereocenters. The third kappa shape index (κ3) is 4.70. The summed E-state index contributed by atoms with van der Waals surface area (Å²) in [7, 11) is 0. The van der Waals surface area contributed by atoms with Crippen molar-refractivity contribution in [3.63, 3.8) is 0 Å². The van der Waals surface area contributed by atoms with Gasteiger partial charge in [0.25, 0.3) is 0 Å². The van der Waals surface area contributed by atoms with Crippen LogP contribution in [0.3, 0.4) is 0 Å². The summed E-state index contributed by atoms with van der Waals surface area (Å²) in [6, 6.07) is 6.46. The molecule has 31 heavy (non-hydrogen) atoms. The van der Waals surface area contributed by atoms with Gasteiger partial charge in [0.2, 0.25) is 11.8 Å². The monoisotopic (exact) mass is 422 g/mol. The van der Waals surface area contributed by atoms with Crippen molar-refractivity contribution in [2.45, 2.75) is 12.5 Å². The maximum absolute atomic E-state index is 12.2. The van der Waals surface area contributed by atoms with Crippen LogP contribution in [0.5, 0.6) is 11.6 Å². The number of aromatic nitrogens is 5. The first-order valence-electron chi connectivity index (χ1n) is 9.14. The van der Waals surface area contributed by atoms with E-state index in [4.69, 9.17) is 10.5 Å². The predicted octanol–water partition coefficient (Wildman–Crippen LogP) is 1.87. The van der Waals surface area contributed by atoms with Gasteiger partial charge in [-0.2, -0.15) is 9.97 Å². The molecule has 1 aromatic carbocycles. The first kappa shape index (κ1) is 19.7. The lowest BCUT2D eigenvalue weighted by Gasteiger charge is -2.14. The molecule has 0 aliphatic heterocycles. The van der Waals surface area contributed by atoms with Gasteiger partial charge in [-0.25, -0.2) is 14.6 Å². The second-order valence-corrected chi connectivity index (χ2v) is 6.51. The number of nitrogens with zero attached hydrogens (tertiary/aromatic N) is 3. The second kappa shape index (κ2) is 8.41. The highest BCUT2D eigenvalue weighted by atomic mass is 16.5. The summed E-state index contributed by atoms with van der Waals surface area (Å²) in [4.78, 5) is 41.4. The number of anilines is 2. The zero-order chi connectivity index (χ0) is 21.8. The summed E-state index contributed by atoms with van der Waals surface area (Å²) in [6.07, 6.45) is 4.76. The van der Waals surface area contributed by atoms with Crippen molar-refractivity contribution in [2.24, 2.45) is 0 Å². The van der Waals surface area contributed by atoms with Gasteiger partial charge in [0.15, 0.2) is 0 Å². The van der Waals surface area contributed by atoms with Crippen LogP contribution in [0.25, 0.3) is 11.0 Å². The van der Waals surface area contributed by atoms with Gasteiger partial charge < -0.3 is 36.2 Å². The standard InChI is InChI=1S/C19H18N8O4/c20-18-26-15-13(5-6-22-15)16(27-18)31-12-3-1-10(2-4-12)24-19(30)25-14(17(28)29)7-11-8-21-9-23-11/h1-6,8-9,14H,7H2,(H,21,23)(H,28,29)(H2,24,25,30)(H3,20,22,26,27)/t14-/m0/s1. The van der Waals surface area contributed by atoms with E-state index < -0.39 is 18.0 Å². The third-order valence-electron chi connectivity index (χ3n) is 4.30. The summed E-state index contributed by atoms with van der Waals surface area (Å²) in [5, 5.41) is 15.0. The number of carbonyl (C=O) groups is 2. The number of aliphatic carboxylic acids is 1. The maximum Gasteiger partial charge on any atom is 0.326 e. The predicted molar refractivity (Wildman–Crippen MR) is 111 cm³/mol. The molecule has 0 saturated heterocycles. The van der Waals surface area contributed by atoms with E-state index in [0.29, 0.717) is 34.0 Å². The number of ether oxygens (including phenoxy) is 1. The summed E-state index contributed by atoms with van der Waals surface area (Å²) in [5.41, 5.74) is 7.22. The highest BCUT2D eigenvalue weighted by Gasteiger charge is 2.21. The van der Waals surface area contributed by atoms with Gasteiger partial charge in [0, 0.05) is 24.5 Å². The largest absolute Gasteiger partial charge is 0.480 e. The minimum Gasteiger partial charge on any atom is -0.480 e. The van der Waals surface area contributed by atoms with Crippen LogP contribution in [0, 0.1) is 0 Å². The number of H-pyrrole nitrogens is 2. The Morgan fingerprint density at radius 2 is 2.00 bits per heavy atom. The minimum absolute atomic E-state index is 0.0503. The van der Waals surface area contributed by atoms with Crippen molar-refractivity contribution < 1.29 is 19.4 Å². The normalized spacial score (nSPS) is 11.7. The van der Waals surface area contributed by atoms with Crippen molar-refractivity contribution in [2.75, 3.05) is 11.1 Å². The second-order valence-electron chi connectivity index (χ2n) is 6.51. The number of amides is 2. The van der Waals surface area contributed by atoms with E-state index in [9.17, 15) is 14.7 Å². The average Bonchev–Trinajstić information content (AvgIpc) is 3.40. The number of hydrogen-bond acceptors (Lipinski definition) is 7. The molecule has 158 valence electrons. The van der Waals surface area contributed by atoms with Gasteiger partial charge in [0.1, 0.15) is 17.4 Å². The third-order valence-corrected chi connectivity index (χ3v) is 4.30. The van der Waals surface area contributed by atoms with Crippen molar-refractivity contribution in [1.82, 2.24) is 30.2 Å². The molecule has 12 nitrogen and oxygen atoms in total. The first-order chi connectivity index (χ1) is 15.0. The van der Waals surface area contributed by atoms with Crippen LogP contribution in [-0.2, 0) is 11.2 Å².